The molecule has 3 nitrogen and oxygen atoms in total. The molecule has 5 heteroatoms. The number of benzene rings is 1. The second-order valence-electron chi connectivity index (χ2n) is 3.85. The summed E-state index contributed by atoms with van der Waals surface area (Å²) in [6, 6.07) is 5.35. The molecule has 1 aromatic carbocycles. The van der Waals surface area contributed by atoms with Crippen molar-refractivity contribution >= 4 is 35.0 Å². The lowest BCUT2D eigenvalue weighted by molar-refractivity contribution is -0.127. The largest absolute Gasteiger partial charge is 0.398 e. The molecule has 0 aromatic heterocycles. The molecule has 0 aliphatic carbocycles. The summed E-state index contributed by atoms with van der Waals surface area (Å²) < 4.78 is 0. The Kier molecular flexibility index (Phi) is 6.53. The Morgan fingerprint density at radius 3 is 2.53 bits per heavy atom. The van der Waals surface area contributed by atoms with Gasteiger partial charge in [-0.15, -0.1) is 24.9 Å². The molecule has 0 fully saturated rings. The number of nitrogens with two attached hydrogens (primary N) is 1. The van der Waals surface area contributed by atoms with Crippen LogP contribution in [0.1, 0.15) is 0 Å². The van der Waals surface area contributed by atoms with Crippen LogP contribution < -0.4 is 5.73 Å². The third-order valence-electron chi connectivity index (χ3n) is 2.39. The van der Waals surface area contributed by atoms with Gasteiger partial charge in [-0.05, 0) is 18.2 Å². The average Bonchev–Trinajstić information content (AvgIpc) is 2.39. The Morgan fingerprint density at radius 2 is 2.00 bits per heavy atom. The van der Waals surface area contributed by atoms with Crippen LogP contribution in [0.2, 0.25) is 5.02 Å². The minimum atomic E-state index is 0.0396. The first-order valence-electron chi connectivity index (χ1n) is 5.76. The van der Waals surface area contributed by atoms with E-state index in [-0.39, 0.29) is 5.91 Å². The highest BCUT2D eigenvalue weighted by Crippen LogP contribution is 2.26. The monoisotopic (exact) mass is 296 g/mol. The van der Waals surface area contributed by atoms with Crippen LogP contribution in [0.3, 0.4) is 0 Å². The molecule has 1 amide bonds. The summed E-state index contributed by atoms with van der Waals surface area (Å²) in [5.74, 6) is 0.389. The first-order valence-corrected chi connectivity index (χ1v) is 7.12. The molecule has 19 heavy (non-hydrogen) atoms. The fraction of sp³-hybridized carbons (Fsp3) is 0.214. The summed E-state index contributed by atoms with van der Waals surface area (Å²) in [7, 11) is 0. The van der Waals surface area contributed by atoms with Crippen LogP contribution in [-0.2, 0) is 4.79 Å². The number of hydrogen-bond donors (Lipinski definition) is 1. The number of amides is 1. The summed E-state index contributed by atoms with van der Waals surface area (Å²) in [6.07, 6.45) is 3.40. The van der Waals surface area contributed by atoms with Crippen molar-refractivity contribution in [3.8, 4) is 0 Å². The summed E-state index contributed by atoms with van der Waals surface area (Å²) in [4.78, 5) is 14.6. The normalized spacial score (nSPS) is 9.95. The maximum Gasteiger partial charge on any atom is 0.233 e. The molecule has 0 unspecified atom stereocenters. The number of nitrogens with zero attached hydrogens (tertiary/aromatic N) is 1. The van der Waals surface area contributed by atoms with Gasteiger partial charge in [0.15, 0.2) is 0 Å². The molecule has 0 heterocycles. The van der Waals surface area contributed by atoms with Crippen molar-refractivity contribution in [1.29, 1.82) is 0 Å². The van der Waals surface area contributed by atoms with Crippen molar-refractivity contribution in [3.63, 3.8) is 0 Å². The number of hydrogen-bond acceptors (Lipinski definition) is 3. The molecule has 0 saturated heterocycles. The van der Waals surface area contributed by atoms with E-state index in [4.69, 9.17) is 17.3 Å². The number of nitrogen functional groups attached to an aromatic ring is 1. The second-order valence-corrected chi connectivity index (χ2v) is 5.30. The molecule has 0 aliphatic heterocycles. The molecule has 2 N–H and O–H groups in total. The lowest BCUT2D eigenvalue weighted by atomic mass is 10.3. The van der Waals surface area contributed by atoms with E-state index in [0.717, 1.165) is 4.90 Å². The minimum absolute atomic E-state index is 0.0396. The second kappa shape index (κ2) is 7.92. The zero-order chi connectivity index (χ0) is 14.3. The molecule has 1 rings (SSSR count). The first kappa shape index (κ1) is 15.7. The highest BCUT2D eigenvalue weighted by Gasteiger charge is 2.11. The van der Waals surface area contributed by atoms with E-state index in [1.54, 1.807) is 29.2 Å². The molecular formula is C14H17ClN2OS. The van der Waals surface area contributed by atoms with Crippen LogP contribution in [0, 0.1) is 0 Å². The third-order valence-corrected chi connectivity index (χ3v) is 3.69. The van der Waals surface area contributed by atoms with Crippen molar-refractivity contribution in [2.24, 2.45) is 0 Å². The number of anilines is 1. The molecule has 0 radical (unpaired) electrons. The first-order chi connectivity index (χ1) is 9.08. The number of halogens is 1. The van der Waals surface area contributed by atoms with Gasteiger partial charge in [-0.25, -0.2) is 0 Å². The predicted molar refractivity (Wildman–Crippen MR) is 83.6 cm³/mol. The summed E-state index contributed by atoms with van der Waals surface area (Å²) in [5.41, 5.74) is 6.17. The summed E-state index contributed by atoms with van der Waals surface area (Å²) >= 11 is 7.36. The topological polar surface area (TPSA) is 46.3 Å². The lowest BCUT2D eigenvalue weighted by Crippen LogP contribution is -2.32. The van der Waals surface area contributed by atoms with Crippen LogP contribution in [0.5, 0.6) is 0 Å². The Bertz CT molecular complexity index is 467. The van der Waals surface area contributed by atoms with Crippen molar-refractivity contribution < 1.29 is 4.79 Å². The number of carbonyl (C=O) groups excluding carboxylic acids is 1. The van der Waals surface area contributed by atoms with Gasteiger partial charge in [-0.1, -0.05) is 23.8 Å². The molecular weight excluding hydrogens is 280 g/mol. The molecule has 0 spiro atoms. The van der Waals surface area contributed by atoms with E-state index in [1.165, 1.54) is 11.8 Å². The number of carbonyl (C=O) groups is 1. The minimum Gasteiger partial charge on any atom is -0.398 e. The van der Waals surface area contributed by atoms with Crippen LogP contribution in [-0.4, -0.2) is 29.6 Å². The zero-order valence-electron chi connectivity index (χ0n) is 10.6. The van der Waals surface area contributed by atoms with Crippen LogP contribution in [0.25, 0.3) is 0 Å². The summed E-state index contributed by atoms with van der Waals surface area (Å²) in [6.45, 7) is 8.32. The zero-order valence-corrected chi connectivity index (χ0v) is 12.2. The Morgan fingerprint density at radius 1 is 1.37 bits per heavy atom. The van der Waals surface area contributed by atoms with Gasteiger partial charge in [0.2, 0.25) is 5.91 Å². The molecule has 0 bridgehead atoms. The van der Waals surface area contributed by atoms with Crippen LogP contribution in [0.4, 0.5) is 5.69 Å². The van der Waals surface area contributed by atoms with E-state index in [2.05, 4.69) is 13.2 Å². The van der Waals surface area contributed by atoms with Crippen molar-refractivity contribution in [3.05, 3.63) is 48.5 Å². The molecule has 0 saturated carbocycles. The van der Waals surface area contributed by atoms with E-state index in [1.807, 2.05) is 6.07 Å². The van der Waals surface area contributed by atoms with Gasteiger partial charge < -0.3 is 10.6 Å². The predicted octanol–water partition coefficient (Wildman–Crippen LogP) is 3.21. The van der Waals surface area contributed by atoms with Gasteiger partial charge in [0.05, 0.1) is 16.5 Å². The number of rotatable bonds is 7. The maximum atomic E-state index is 12.0. The van der Waals surface area contributed by atoms with Gasteiger partial charge in [-0.2, -0.15) is 0 Å². The highest BCUT2D eigenvalue weighted by atomic mass is 35.5. The van der Waals surface area contributed by atoms with E-state index in [0.29, 0.717) is 29.6 Å². The van der Waals surface area contributed by atoms with Gasteiger partial charge in [0, 0.05) is 18.0 Å². The fourth-order valence-electron chi connectivity index (χ4n) is 1.42. The SMILES string of the molecule is C=CCN(CC=C)C(=O)CSc1ccc(N)c(Cl)c1. The van der Waals surface area contributed by atoms with Gasteiger partial charge >= 0.3 is 0 Å². The van der Waals surface area contributed by atoms with Gasteiger partial charge in [0.1, 0.15) is 0 Å². The van der Waals surface area contributed by atoms with E-state index < -0.39 is 0 Å². The quantitative estimate of drug-likeness (QED) is 0.477. The van der Waals surface area contributed by atoms with Crippen molar-refractivity contribution in [1.82, 2.24) is 4.90 Å². The molecule has 1 aromatic rings. The summed E-state index contributed by atoms with van der Waals surface area (Å²) in [5, 5.41) is 0.506. The molecule has 0 aliphatic rings. The molecule has 0 atom stereocenters. The smallest absolute Gasteiger partial charge is 0.233 e. The third kappa shape index (κ3) is 5.01. The van der Waals surface area contributed by atoms with Crippen molar-refractivity contribution in [2.45, 2.75) is 4.90 Å². The maximum absolute atomic E-state index is 12.0. The standard InChI is InChI=1S/C14H17ClN2OS/c1-3-7-17(8-4-2)14(18)10-19-11-5-6-13(16)12(15)9-11/h3-6,9H,1-2,7-8,10,16H2. The Balaban J connectivity index is 2.58. The van der Waals surface area contributed by atoms with Gasteiger partial charge in [-0.3, -0.25) is 4.79 Å². The highest BCUT2D eigenvalue weighted by molar-refractivity contribution is 8.00. The number of thioether (sulfide) groups is 1. The Hall–Kier alpha value is -1.39. The lowest BCUT2D eigenvalue weighted by Gasteiger charge is -2.18. The van der Waals surface area contributed by atoms with E-state index in [9.17, 15) is 4.79 Å². The van der Waals surface area contributed by atoms with Crippen LogP contribution in [0.15, 0.2) is 48.4 Å². The van der Waals surface area contributed by atoms with Gasteiger partial charge in [0.25, 0.3) is 0 Å². The molecule has 102 valence electrons. The fourth-order valence-corrected chi connectivity index (χ4v) is 2.51. The Labute approximate surface area is 123 Å². The average molecular weight is 297 g/mol. The van der Waals surface area contributed by atoms with Crippen LogP contribution >= 0.6 is 23.4 Å². The van der Waals surface area contributed by atoms with Crippen molar-refractivity contribution in [2.75, 3.05) is 24.6 Å². The van der Waals surface area contributed by atoms with E-state index >= 15 is 0 Å².